The van der Waals surface area contributed by atoms with Gasteiger partial charge >= 0.3 is 6.09 Å². The summed E-state index contributed by atoms with van der Waals surface area (Å²) in [6.07, 6.45) is 2.64. The topological polar surface area (TPSA) is 68.3 Å². The SMILES string of the molecule is C=CCC(=O)c1cnc(NC(=O)OC(C)(C)C)s1. The summed E-state index contributed by atoms with van der Waals surface area (Å²) in [6.45, 7) is 8.81. The van der Waals surface area contributed by atoms with Crippen LogP contribution in [0.25, 0.3) is 0 Å². The van der Waals surface area contributed by atoms with Crippen molar-refractivity contribution in [2.45, 2.75) is 32.8 Å². The first-order valence-electron chi connectivity index (χ1n) is 5.42. The monoisotopic (exact) mass is 268 g/mol. The van der Waals surface area contributed by atoms with Crippen LogP contribution >= 0.6 is 11.3 Å². The molecule has 1 aromatic heterocycles. The van der Waals surface area contributed by atoms with Crippen LogP contribution in [0.1, 0.15) is 36.9 Å². The van der Waals surface area contributed by atoms with Crippen LogP contribution in [0, 0.1) is 0 Å². The van der Waals surface area contributed by atoms with E-state index < -0.39 is 11.7 Å². The van der Waals surface area contributed by atoms with Gasteiger partial charge in [0.15, 0.2) is 10.9 Å². The number of nitrogens with zero attached hydrogens (tertiary/aromatic N) is 1. The van der Waals surface area contributed by atoms with Crippen molar-refractivity contribution in [3.05, 3.63) is 23.7 Å². The lowest BCUT2D eigenvalue weighted by molar-refractivity contribution is 0.0635. The zero-order valence-corrected chi connectivity index (χ0v) is 11.5. The van der Waals surface area contributed by atoms with E-state index in [2.05, 4.69) is 16.9 Å². The molecule has 98 valence electrons. The van der Waals surface area contributed by atoms with Gasteiger partial charge in [-0.2, -0.15) is 0 Å². The van der Waals surface area contributed by atoms with Crippen LogP contribution in [0.15, 0.2) is 18.9 Å². The van der Waals surface area contributed by atoms with Gasteiger partial charge < -0.3 is 4.74 Å². The minimum atomic E-state index is -0.584. The van der Waals surface area contributed by atoms with E-state index in [9.17, 15) is 9.59 Å². The van der Waals surface area contributed by atoms with Crippen molar-refractivity contribution in [2.75, 3.05) is 5.32 Å². The standard InChI is InChI=1S/C12H16N2O3S/c1-5-6-8(15)9-7-13-10(18-9)14-11(16)17-12(2,3)4/h5,7H,1,6H2,2-4H3,(H,13,14,16). The molecule has 1 rings (SSSR count). The fourth-order valence-electron chi connectivity index (χ4n) is 1.08. The number of amides is 1. The number of carbonyl (C=O) groups excluding carboxylic acids is 2. The Hall–Kier alpha value is -1.69. The molecule has 0 atom stereocenters. The Kier molecular flexibility index (Phi) is 4.61. The number of ketones is 1. The fourth-order valence-corrected chi connectivity index (χ4v) is 1.83. The van der Waals surface area contributed by atoms with Gasteiger partial charge in [0, 0.05) is 6.42 Å². The third-order valence-electron chi connectivity index (χ3n) is 1.72. The number of aromatic nitrogens is 1. The number of ether oxygens (including phenoxy) is 1. The summed E-state index contributed by atoms with van der Waals surface area (Å²) >= 11 is 1.11. The van der Waals surface area contributed by atoms with Gasteiger partial charge in [0.2, 0.25) is 0 Å². The number of thiazole rings is 1. The minimum absolute atomic E-state index is 0.0697. The minimum Gasteiger partial charge on any atom is -0.444 e. The highest BCUT2D eigenvalue weighted by Gasteiger charge is 2.17. The summed E-state index contributed by atoms with van der Waals surface area (Å²) in [5, 5.41) is 2.83. The molecule has 6 heteroatoms. The third kappa shape index (κ3) is 4.67. The molecule has 5 nitrogen and oxygen atoms in total. The van der Waals surface area contributed by atoms with Crippen molar-refractivity contribution in [1.29, 1.82) is 0 Å². The summed E-state index contributed by atoms with van der Waals surface area (Å²) in [7, 11) is 0. The van der Waals surface area contributed by atoms with Crippen LogP contribution in [-0.2, 0) is 4.74 Å². The summed E-state index contributed by atoms with van der Waals surface area (Å²) in [4.78, 5) is 27.4. The Bertz CT molecular complexity index is 460. The van der Waals surface area contributed by atoms with Crippen LogP contribution in [-0.4, -0.2) is 22.5 Å². The van der Waals surface area contributed by atoms with Gasteiger partial charge in [0.25, 0.3) is 0 Å². The van der Waals surface area contributed by atoms with Gasteiger partial charge in [0.1, 0.15) is 5.60 Å². The van der Waals surface area contributed by atoms with Crippen LogP contribution in [0.4, 0.5) is 9.93 Å². The molecule has 0 unspecified atom stereocenters. The maximum atomic E-state index is 11.5. The molecule has 0 saturated carbocycles. The zero-order chi connectivity index (χ0) is 13.8. The molecular formula is C12H16N2O3S. The number of nitrogens with one attached hydrogen (secondary N) is 1. The van der Waals surface area contributed by atoms with Crippen molar-refractivity contribution < 1.29 is 14.3 Å². The average molecular weight is 268 g/mol. The number of carbonyl (C=O) groups is 2. The van der Waals surface area contributed by atoms with Crippen molar-refractivity contribution in [1.82, 2.24) is 4.98 Å². The number of hydrogen-bond acceptors (Lipinski definition) is 5. The lowest BCUT2D eigenvalue weighted by Crippen LogP contribution is -2.27. The number of anilines is 1. The quantitative estimate of drug-likeness (QED) is 0.672. The number of rotatable bonds is 4. The van der Waals surface area contributed by atoms with E-state index in [-0.39, 0.29) is 12.2 Å². The predicted octanol–water partition coefficient (Wildman–Crippen LogP) is 3.25. The first kappa shape index (κ1) is 14.4. The first-order chi connectivity index (χ1) is 8.31. The largest absolute Gasteiger partial charge is 0.444 e. The highest BCUT2D eigenvalue weighted by molar-refractivity contribution is 7.17. The predicted molar refractivity (Wildman–Crippen MR) is 71.1 cm³/mol. The molecule has 0 aliphatic carbocycles. The highest BCUT2D eigenvalue weighted by Crippen LogP contribution is 2.20. The molecule has 0 radical (unpaired) electrons. The molecule has 1 N–H and O–H groups in total. The average Bonchev–Trinajstić information content (AvgIpc) is 2.63. The van der Waals surface area contributed by atoms with E-state index in [1.165, 1.54) is 12.3 Å². The maximum absolute atomic E-state index is 11.5. The third-order valence-corrected chi connectivity index (χ3v) is 2.67. The van der Waals surface area contributed by atoms with Gasteiger partial charge in [-0.3, -0.25) is 10.1 Å². The van der Waals surface area contributed by atoms with E-state index >= 15 is 0 Å². The smallest absolute Gasteiger partial charge is 0.413 e. The van der Waals surface area contributed by atoms with Gasteiger partial charge in [-0.15, -0.1) is 6.58 Å². The molecular weight excluding hydrogens is 252 g/mol. The molecule has 0 fully saturated rings. The normalized spacial score (nSPS) is 10.8. The van der Waals surface area contributed by atoms with E-state index in [4.69, 9.17) is 4.74 Å². The molecule has 18 heavy (non-hydrogen) atoms. The van der Waals surface area contributed by atoms with Crippen LogP contribution in [0.3, 0.4) is 0 Å². The van der Waals surface area contributed by atoms with Crippen molar-refractivity contribution in [3.63, 3.8) is 0 Å². The highest BCUT2D eigenvalue weighted by atomic mass is 32.1. The Balaban J connectivity index is 2.61. The second-order valence-electron chi connectivity index (χ2n) is 4.57. The molecule has 0 aromatic carbocycles. The van der Waals surface area contributed by atoms with Gasteiger partial charge in [0.05, 0.1) is 11.1 Å². The number of allylic oxidation sites excluding steroid dienone is 1. The van der Waals surface area contributed by atoms with E-state index in [1.807, 2.05) is 0 Å². The van der Waals surface area contributed by atoms with Crippen LogP contribution < -0.4 is 5.32 Å². The molecule has 0 saturated heterocycles. The fraction of sp³-hybridized carbons (Fsp3) is 0.417. The van der Waals surface area contributed by atoms with Crippen molar-refractivity contribution in [2.24, 2.45) is 0 Å². The summed E-state index contributed by atoms with van der Waals surface area (Å²) < 4.78 is 5.07. The molecule has 0 bridgehead atoms. The first-order valence-corrected chi connectivity index (χ1v) is 6.23. The Morgan fingerprint density at radius 3 is 2.78 bits per heavy atom. The van der Waals surface area contributed by atoms with Gasteiger partial charge in [-0.25, -0.2) is 9.78 Å². The Morgan fingerprint density at radius 1 is 1.56 bits per heavy atom. The molecule has 0 aliphatic heterocycles. The molecule has 0 aliphatic rings. The van der Waals surface area contributed by atoms with E-state index in [0.29, 0.717) is 10.0 Å². The number of Topliss-reactive ketones (excluding diaryl/α,β-unsaturated/α-hetero) is 1. The summed E-state index contributed by atoms with van der Waals surface area (Å²) in [5.41, 5.74) is -0.567. The summed E-state index contributed by atoms with van der Waals surface area (Å²) in [5.74, 6) is -0.0697. The van der Waals surface area contributed by atoms with Crippen LogP contribution in [0.5, 0.6) is 0 Å². The molecule has 1 aromatic rings. The van der Waals surface area contributed by atoms with Gasteiger partial charge in [-0.1, -0.05) is 17.4 Å². The van der Waals surface area contributed by atoms with E-state index in [1.54, 1.807) is 20.8 Å². The maximum Gasteiger partial charge on any atom is 0.413 e. The van der Waals surface area contributed by atoms with Crippen molar-refractivity contribution >= 4 is 28.3 Å². The Morgan fingerprint density at radius 2 is 2.22 bits per heavy atom. The van der Waals surface area contributed by atoms with E-state index in [0.717, 1.165) is 11.3 Å². The van der Waals surface area contributed by atoms with Crippen molar-refractivity contribution in [3.8, 4) is 0 Å². The zero-order valence-electron chi connectivity index (χ0n) is 10.6. The summed E-state index contributed by atoms with van der Waals surface area (Å²) in [6, 6.07) is 0. The molecule has 1 heterocycles. The van der Waals surface area contributed by atoms with Gasteiger partial charge in [-0.05, 0) is 20.8 Å². The lowest BCUT2D eigenvalue weighted by atomic mass is 10.2. The number of hydrogen-bond donors (Lipinski definition) is 1. The molecule has 1 amide bonds. The molecule has 0 spiro atoms. The second kappa shape index (κ2) is 5.77. The second-order valence-corrected chi connectivity index (χ2v) is 5.60. The Labute approximate surface area is 110 Å². The lowest BCUT2D eigenvalue weighted by Gasteiger charge is -2.18. The van der Waals surface area contributed by atoms with Crippen LogP contribution in [0.2, 0.25) is 0 Å².